The molecule has 0 radical (unpaired) electrons. The largest absolute Gasteiger partial charge is 0.326 e. The van der Waals surface area contributed by atoms with Crippen molar-refractivity contribution >= 4 is 11.6 Å². The van der Waals surface area contributed by atoms with Crippen LogP contribution < -0.4 is 11.1 Å². The maximum absolute atomic E-state index is 11.9. The van der Waals surface area contributed by atoms with E-state index in [9.17, 15) is 4.79 Å². The summed E-state index contributed by atoms with van der Waals surface area (Å²) in [6.45, 7) is 3.52. The van der Waals surface area contributed by atoms with E-state index in [1.807, 2.05) is 24.3 Å². The summed E-state index contributed by atoms with van der Waals surface area (Å²) in [5.74, 6) is 0.0662. The molecule has 1 amide bonds. The molecule has 0 saturated heterocycles. The maximum Gasteiger partial charge on any atom is 0.224 e. The van der Waals surface area contributed by atoms with Crippen LogP contribution in [0.1, 0.15) is 18.4 Å². The van der Waals surface area contributed by atoms with Gasteiger partial charge in [0.05, 0.1) is 0 Å². The molecule has 0 atom stereocenters. The van der Waals surface area contributed by atoms with Crippen molar-refractivity contribution in [2.75, 3.05) is 46.1 Å². The number of carbonyl (C=O) groups excluding carboxylic acids is 1. The molecule has 0 fully saturated rings. The van der Waals surface area contributed by atoms with Crippen LogP contribution in [0.25, 0.3) is 0 Å². The van der Waals surface area contributed by atoms with E-state index in [2.05, 4.69) is 36.3 Å². The highest BCUT2D eigenvalue weighted by Crippen LogP contribution is 2.09. The zero-order valence-corrected chi connectivity index (χ0v) is 13.4. The van der Waals surface area contributed by atoms with Gasteiger partial charge in [0, 0.05) is 31.7 Å². The molecule has 118 valence electrons. The lowest BCUT2D eigenvalue weighted by molar-refractivity contribution is -0.116. The van der Waals surface area contributed by atoms with E-state index >= 15 is 0 Å². The summed E-state index contributed by atoms with van der Waals surface area (Å²) in [4.78, 5) is 16.3. The maximum atomic E-state index is 11.9. The average Bonchev–Trinajstić information content (AvgIpc) is 2.46. The zero-order chi connectivity index (χ0) is 15.7. The van der Waals surface area contributed by atoms with E-state index in [0.29, 0.717) is 13.0 Å². The molecule has 0 aromatic heterocycles. The number of likely N-dealkylation sites (N-methyl/N-ethyl adjacent to an activating group) is 2. The van der Waals surface area contributed by atoms with Gasteiger partial charge in [-0.3, -0.25) is 4.79 Å². The number of anilines is 1. The fraction of sp³-hybridized carbons (Fsp3) is 0.562. The van der Waals surface area contributed by atoms with Crippen molar-refractivity contribution < 1.29 is 4.79 Å². The van der Waals surface area contributed by atoms with E-state index in [1.165, 1.54) is 0 Å². The molecule has 0 bridgehead atoms. The molecule has 0 saturated carbocycles. The van der Waals surface area contributed by atoms with Crippen molar-refractivity contribution in [1.29, 1.82) is 0 Å². The fourth-order valence-electron chi connectivity index (χ4n) is 1.94. The number of benzene rings is 1. The van der Waals surface area contributed by atoms with Crippen molar-refractivity contribution in [2.45, 2.75) is 19.4 Å². The van der Waals surface area contributed by atoms with Gasteiger partial charge in [0.1, 0.15) is 0 Å². The summed E-state index contributed by atoms with van der Waals surface area (Å²) in [6.07, 6.45) is 1.42. The molecule has 0 spiro atoms. The van der Waals surface area contributed by atoms with Crippen molar-refractivity contribution in [3.8, 4) is 0 Å². The first-order valence-corrected chi connectivity index (χ1v) is 7.43. The summed E-state index contributed by atoms with van der Waals surface area (Å²) in [5.41, 5.74) is 7.44. The Morgan fingerprint density at radius 2 is 1.76 bits per heavy atom. The summed E-state index contributed by atoms with van der Waals surface area (Å²) in [7, 11) is 6.22. The number of carbonyl (C=O) groups is 1. The average molecular weight is 292 g/mol. The molecule has 0 heterocycles. The minimum atomic E-state index is 0.0662. The lowest BCUT2D eigenvalue weighted by atomic mass is 10.2. The first-order valence-electron chi connectivity index (χ1n) is 7.43. The van der Waals surface area contributed by atoms with Gasteiger partial charge >= 0.3 is 0 Å². The summed E-state index contributed by atoms with van der Waals surface area (Å²) in [5, 5.41) is 2.91. The number of nitrogens with two attached hydrogens (primary N) is 1. The van der Waals surface area contributed by atoms with Gasteiger partial charge < -0.3 is 20.9 Å². The van der Waals surface area contributed by atoms with Gasteiger partial charge in [-0.05, 0) is 51.8 Å². The highest BCUT2D eigenvalue weighted by molar-refractivity contribution is 5.90. The molecule has 21 heavy (non-hydrogen) atoms. The topological polar surface area (TPSA) is 61.6 Å². The molecule has 1 aromatic rings. The van der Waals surface area contributed by atoms with Crippen LogP contribution in [0, 0.1) is 0 Å². The first kappa shape index (κ1) is 17.6. The molecule has 0 aliphatic rings. The van der Waals surface area contributed by atoms with Crippen LogP contribution in [-0.4, -0.2) is 56.5 Å². The number of nitrogens with zero attached hydrogens (tertiary/aromatic N) is 2. The Kier molecular flexibility index (Phi) is 7.97. The second-order valence-corrected chi connectivity index (χ2v) is 5.66. The first-order chi connectivity index (χ1) is 10.0. The van der Waals surface area contributed by atoms with E-state index in [4.69, 9.17) is 5.73 Å². The standard InChI is InChI=1S/C16H28N4O/c1-19(2)11-12-20(3)10-4-5-16(21)18-15-8-6-14(13-17)7-9-15/h6-9H,4-5,10-13,17H2,1-3H3,(H,18,21). The Bertz CT molecular complexity index is 417. The van der Waals surface area contributed by atoms with Gasteiger partial charge in [-0.2, -0.15) is 0 Å². The number of hydrogen-bond acceptors (Lipinski definition) is 4. The number of hydrogen-bond donors (Lipinski definition) is 2. The van der Waals surface area contributed by atoms with Gasteiger partial charge in [0.25, 0.3) is 0 Å². The Labute approximate surface area is 128 Å². The summed E-state index contributed by atoms with van der Waals surface area (Å²) in [6, 6.07) is 7.65. The molecule has 1 aromatic carbocycles. The van der Waals surface area contributed by atoms with Crippen LogP contribution in [0.5, 0.6) is 0 Å². The molecule has 1 rings (SSSR count). The van der Waals surface area contributed by atoms with Gasteiger partial charge in [0.15, 0.2) is 0 Å². The smallest absolute Gasteiger partial charge is 0.224 e. The monoisotopic (exact) mass is 292 g/mol. The number of rotatable bonds is 9. The van der Waals surface area contributed by atoms with E-state index in [-0.39, 0.29) is 5.91 Å². The van der Waals surface area contributed by atoms with Crippen LogP contribution in [-0.2, 0) is 11.3 Å². The minimum absolute atomic E-state index is 0.0662. The second kappa shape index (κ2) is 9.50. The third-order valence-corrected chi connectivity index (χ3v) is 3.35. The van der Waals surface area contributed by atoms with E-state index in [0.717, 1.165) is 37.3 Å². The Morgan fingerprint density at radius 3 is 2.33 bits per heavy atom. The normalized spacial score (nSPS) is 11.1. The highest BCUT2D eigenvalue weighted by Gasteiger charge is 2.04. The molecule has 0 aliphatic carbocycles. The van der Waals surface area contributed by atoms with Gasteiger partial charge in [-0.15, -0.1) is 0 Å². The number of nitrogens with one attached hydrogen (secondary N) is 1. The van der Waals surface area contributed by atoms with Crippen molar-refractivity contribution in [3.05, 3.63) is 29.8 Å². The molecule has 3 N–H and O–H groups in total. The number of amides is 1. The predicted octanol–water partition coefficient (Wildman–Crippen LogP) is 1.36. The molecular weight excluding hydrogens is 264 g/mol. The van der Waals surface area contributed by atoms with Crippen LogP contribution in [0.15, 0.2) is 24.3 Å². The van der Waals surface area contributed by atoms with Crippen molar-refractivity contribution in [2.24, 2.45) is 5.73 Å². The lowest BCUT2D eigenvalue weighted by Crippen LogP contribution is -2.29. The van der Waals surface area contributed by atoms with E-state index < -0.39 is 0 Å². The molecule has 0 unspecified atom stereocenters. The Hall–Kier alpha value is -1.43. The van der Waals surface area contributed by atoms with Crippen molar-refractivity contribution in [3.63, 3.8) is 0 Å². The highest BCUT2D eigenvalue weighted by atomic mass is 16.1. The van der Waals surface area contributed by atoms with Gasteiger partial charge in [0.2, 0.25) is 5.91 Å². The summed E-state index contributed by atoms with van der Waals surface area (Å²) < 4.78 is 0. The second-order valence-electron chi connectivity index (χ2n) is 5.66. The minimum Gasteiger partial charge on any atom is -0.326 e. The molecule has 0 aliphatic heterocycles. The van der Waals surface area contributed by atoms with E-state index in [1.54, 1.807) is 0 Å². The fourth-order valence-corrected chi connectivity index (χ4v) is 1.94. The predicted molar refractivity (Wildman–Crippen MR) is 88.2 cm³/mol. The van der Waals surface area contributed by atoms with Crippen LogP contribution in [0.3, 0.4) is 0 Å². The molecule has 5 nitrogen and oxygen atoms in total. The Balaban J connectivity index is 2.21. The van der Waals surface area contributed by atoms with Gasteiger partial charge in [-0.1, -0.05) is 12.1 Å². The van der Waals surface area contributed by atoms with Crippen LogP contribution in [0.4, 0.5) is 5.69 Å². The van der Waals surface area contributed by atoms with Crippen molar-refractivity contribution in [1.82, 2.24) is 9.80 Å². The summed E-state index contributed by atoms with van der Waals surface area (Å²) >= 11 is 0. The van der Waals surface area contributed by atoms with Gasteiger partial charge in [-0.25, -0.2) is 0 Å². The SMILES string of the molecule is CN(C)CCN(C)CCCC(=O)Nc1ccc(CN)cc1. The third kappa shape index (κ3) is 7.80. The Morgan fingerprint density at radius 1 is 1.10 bits per heavy atom. The lowest BCUT2D eigenvalue weighted by Gasteiger charge is -2.18. The quantitative estimate of drug-likeness (QED) is 0.721. The third-order valence-electron chi connectivity index (χ3n) is 3.35. The zero-order valence-electron chi connectivity index (χ0n) is 13.4. The van der Waals surface area contributed by atoms with Crippen LogP contribution >= 0.6 is 0 Å². The van der Waals surface area contributed by atoms with Crippen LogP contribution in [0.2, 0.25) is 0 Å². The molecular formula is C16H28N4O. The molecule has 5 heteroatoms.